The molecule has 3 aliphatic rings. The van der Waals surface area contributed by atoms with Crippen LogP contribution in [0.2, 0.25) is 0 Å². The molecule has 4 nitrogen and oxygen atoms in total. The van der Waals surface area contributed by atoms with Gasteiger partial charge in [0.1, 0.15) is 0 Å². The van der Waals surface area contributed by atoms with Gasteiger partial charge in [0.25, 0.3) is 0 Å². The summed E-state index contributed by atoms with van der Waals surface area (Å²) in [5.74, 6) is 0.0796. The second-order valence-electron chi connectivity index (χ2n) is 6.81. The van der Waals surface area contributed by atoms with E-state index in [4.69, 9.17) is 0 Å². The number of carbonyl (C=O) groups is 2. The molecule has 5 rings (SSSR count). The molecule has 2 amide bonds. The lowest BCUT2D eigenvalue weighted by Crippen LogP contribution is -2.33. The van der Waals surface area contributed by atoms with E-state index in [2.05, 4.69) is 17.1 Å². The predicted octanol–water partition coefficient (Wildman–Crippen LogP) is 2.85. The van der Waals surface area contributed by atoms with Crippen LogP contribution in [-0.4, -0.2) is 16.8 Å². The Hall–Kier alpha value is -2.49. The van der Waals surface area contributed by atoms with Gasteiger partial charge in [0.2, 0.25) is 11.8 Å². The number of hydrogen-bond acceptors (Lipinski definition) is 3. The number of carbonyl (C=O) groups excluding carboxylic acids is 2. The van der Waals surface area contributed by atoms with E-state index in [-0.39, 0.29) is 35.5 Å². The van der Waals surface area contributed by atoms with Gasteiger partial charge >= 0.3 is 0 Å². The first-order chi connectivity index (χ1) is 11.1. The van der Waals surface area contributed by atoms with E-state index in [0.29, 0.717) is 5.69 Å². The molecule has 4 heteroatoms. The van der Waals surface area contributed by atoms with Gasteiger partial charge in [-0.2, -0.15) is 0 Å². The molecule has 2 bridgehead atoms. The van der Waals surface area contributed by atoms with Gasteiger partial charge in [-0.3, -0.25) is 14.6 Å². The summed E-state index contributed by atoms with van der Waals surface area (Å²) in [6.07, 6.45) is 5.20. The number of aromatic nitrogens is 1. The number of pyridine rings is 1. The third-order valence-electron chi connectivity index (χ3n) is 5.53. The number of aryl methyl sites for hydroxylation is 1. The van der Waals surface area contributed by atoms with Crippen molar-refractivity contribution in [1.29, 1.82) is 0 Å². The Balaban J connectivity index is 1.69. The summed E-state index contributed by atoms with van der Waals surface area (Å²) in [6, 6.07) is 9.54. The number of amides is 2. The third kappa shape index (κ3) is 1.58. The van der Waals surface area contributed by atoms with E-state index in [0.717, 1.165) is 23.0 Å². The van der Waals surface area contributed by atoms with Gasteiger partial charge < -0.3 is 0 Å². The molecular formula is C19H16N2O2. The normalized spacial score (nSPS) is 31.4. The van der Waals surface area contributed by atoms with Crippen LogP contribution in [-0.2, 0) is 9.59 Å². The van der Waals surface area contributed by atoms with Gasteiger partial charge in [-0.15, -0.1) is 0 Å². The van der Waals surface area contributed by atoms with Crippen molar-refractivity contribution in [2.75, 3.05) is 4.90 Å². The molecule has 1 aromatic heterocycles. The maximum absolute atomic E-state index is 13.0. The highest BCUT2D eigenvalue weighted by Gasteiger charge is 2.59. The molecule has 0 radical (unpaired) electrons. The number of imide groups is 1. The minimum absolute atomic E-state index is 0.0346. The minimum Gasteiger partial charge on any atom is -0.274 e. The molecule has 23 heavy (non-hydrogen) atoms. The van der Waals surface area contributed by atoms with Crippen LogP contribution in [0.3, 0.4) is 0 Å². The molecule has 1 aromatic carbocycles. The summed E-state index contributed by atoms with van der Waals surface area (Å²) >= 11 is 0. The summed E-state index contributed by atoms with van der Waals surface area (Å²) in [7, 11) is 0. The van der Waals surface area contributed by atoms with Crippen molar-refractivity contribution in [3.8, 4) is 0 Å². The Kier molecular flexibility index (Phi) is 2.42. The lowest BCUT2D eigenvalue weighted by Gasteiger charge is -2.19. The van der Waals surface area contributed by atoms with Crippen molar-refractivity contribution in [3.05, 3.63) is 48.2 Å². The maximum Gasteiger partial charge on any atom is 0.238 e. The van der Waals surface area contributed by atoms with Crippen molar-refractivity contribution >= 4 is 28.4 Å². The highest BCUT2D eigenvalue weighted by atomic mass is 16.2. The first-order valence-electron chi connectivity index (χ1n) is 8.07. The first-order valence-corrected chi connectivity index (χ1v) is 8.07. The average Bonchev–Trinajstić information content (AvgIpc) is 3.21. The molecule has 2 aromatic rings. The molecule has 0 spiro atoms. The molecule has 2 aliphatic carbocycles. The van der Waals surface area contributed by atoms with Crippen molar-refractivity contribution in [3.63, 3.8) is 0 Å². The zero-order chi connectivity index (χ0) is 15.7. The van der Waals surface area contributed by atoms with Crippen molar-refractivity contribution in [1.82, 2.24) is 4.98 Å². The molecule has 114 valence electrons. The van der Waals surface area contributed by atoms with Crippen molar-refractivity contribution in [2.24, 2.45) is 23.7 Å². The van der Waals surface area contributed by atoms with Gasteiger partial charge in [-0.25, -0.2) is 4.90 Å². The van der Waals surface area contributed by atoms with Crippen molar-refractivity contribution in [2.45, 2.75) is 13.3 Å². The fourth-order valence-electron chi connectivity index (χ4n) is 4.61. The molecule has 0 unspecified atom stereocenters. The van der Waals surface area contributed by atoms with Gasteiger partial charge in [0, 0.05) is 11.1 Å². The van der Waals surface area contributed by atoms with Crippen LogP contribution in [0, 0.1) is 30.6 Å². The van der Waals surface area contributed by atoms with E-state index in [9.17, 15) is 9.59 Å². The summed E-state index contributed by atoms with van der Waals surface area (Å²) in [5, 5.41) is 0.861. The molecule has 1 aliphatic heterocycles. The van der Waals surface area contributed by atoms with Crippen LogP contribution in [0.5, 0.6) is 0 Å². The highest BCUT2D eigenvalue weighted by Crippen LogP contribution is 2.53. The lowest BCUT2D eigenvalue weighted by molar-refractivity contribution is -0.123. The Morgan fingerprint density at radius 1 is 1.04 bits per heavy atom. The number of para-hydroxylation sites is 1. The fraction of sp³-hybridized carbons (Fsp3) is 0.316. The Bertz CT molecular complexity index is 871. The standard InChI is InChI=1S/C19H16N2O2/c1-10-8-15(13-4-2-3-5-14(13)20-10)21-18(22)16-11-6-7-12(9-11)17(16)19(21)23/h2-8,11-12,16-17H,9H2,1H3/t11-,12-,16-,17-/m0/s1. The number of allylic oxidation sites excluding steroid dienone is 2. The van der Waals surface area contributed by atoms with Crippen molar-refractivity contribution < 1.29 is 9.59 Å². The fourth-order valence-corrected chi connectivity index (χ4v) is 4.61. The molecule has 0 N–H and O–H groups in total. The monoisotopic (exact) mass is 304 g/mol. The SMILES string of the molecule is Cc1cc(N2C(=O)[C@@H]3[C@@H](C2=O)[C@H]2C=C[C@H]3C2)c2ccccc2n1. The second kappa shape index (κ2) is 4.28. The van der Waals surface area contributed by atoms with E-state index in [1.807, 2.05) is 37.3 Å². The van der Waals surface area contributed by atoms with E-state index in [1.54, 1.807) is 0 Å². The zero-order valence-corrected chi connectivity index (χ0v) is 12.8. The van der Waals surface area contributed by atoms with Gasteiger partial charge in [0.15, 0.2) is 0 Å². The summed E-state index contributed by atoms with van der Waals surface area (Å²) in [6.45, 7) is 1.90. The van der Waals surface area contributed by atoms with Gasteiger partial charge in [-0.05, 0) is 37.3 Å². The minimum atomic E-state index is -0.162. The molecule has 2 fully saturated rings. The van der Waals surface area contributed by atoms with Gasteiger partial charge in [0.05, 0.1) is 23.0 Å². The molecule has 4 atom stereocenters. The van der Waals surface area contributed by atoms with E-state index in [1.165, 1.54) is 4.90 Å². The van der Waals surface area contributed by atoms with Crippen LogP contribution in [0.15, 0.2) is 42.5 Å². The summed E-state index contributed by atoms with van der Waals surface area (Å²) < 4.78 is 0. The van der Waals surface area contributed by atoms with Crippen LogP contribution in [0.1, 0.15) is 12.1 Å². The smallest absolute Gasteiger partial charge is 0.238 e. The molecule has 1 saturated heterocycles. The number of rotatable bonds is 1. The quantitative estimate of drug-likeness (QED) is 0.601. The number of benzene rings is 1. The number of fused-ring (bicyclic) bond motifs is 6. The first kappa shape index (κ1) is 13.0. The Morgan fingerprint density at radius 2 is 1.70 bits per heavy atom. The Labute approximate surface area is 133 Å². The van der Waals surface area contributed by atoms with Crippen LogP contribution in [0.4, 0.5) is 5.69 Å². The lowest BCUT2D eigenvalue weighted by atomic mass is 9.85. The van der Waals surface area contributed by atoms with Crippen LogP contribution in [0.25, 0.3) is 10.9 Å². The number of nitrogens with zero attached hydrogens (tertiary/aromatic N) is 2. The molecule has 2 heterocycles. The third-order valence-corrected chi connectivity index (χ3v) is 5.53. The zero-order valence-electron chi connectivity index (χ0n) is 12.8. The molecule has 1 saturated carbocycles. The Morgan fingerprint density at radius 3 is 2.39 bits per heavy atom. The highest BCUT2D eigenvalue weighted by molar-refractivity contribution is 6.25. The summed E-state index contributed by atoms with van der Waals surface area (Å²) in [5.41, 5.74) is 2.33. The largest absolute Gasteiger partial charge is 0.274 e. The van der Waals surface area contributed by atoms with Gasteiger partial charge in [-0.1, -0.05) is 30.4 Å². The second-order valence-corrected chi connectivity index (χ2v) is 6.81. The number of hydrogen-bond donors (Lipinski definition) is 0. The summed E-state index contributed by atoms with van der Waals surface area (Å²) in [4.78, 5) is 31.9. The topological polar surface area (TPSA) is 50.3 Å². The number of anilines is 1. The predicted molar refractivity (Wildman–Crippen MR) is 86.7 cm³/mol. The van der Waals surface area contributed by atoms with Crippen LogP contribution < -0.4 is 4.90 Å². The maximum atomic E-state index is 13.0. The van der Waals surface area contributed by atoms with Crippen LogP contribution >= 0.6 is 0 Å². The average molecular weight is 304 g/mol. The molecular weight excluding hydrogens is 288 g/mol. The van der Waals surface area contributed by atoms with E-state index < -0.39 is 0 Å². The van der Waals surface area contributed by atoms with E-state index >= 15 is 0 Å².